The number of imide groups is 1. The Morgan fingerprint density at radius 2 is 1.96 bits per heavy atom. The zero-order valence-corrected chi connectivity index (χ0v) is 15.4. The van der Waals surface area contributed by atoms with Gasteiger partial charge in [0.15, 0.2) is 15.6 Å². The third kappa shape index (κ3) is 2.70. The molecule has 1 aromatic carbocycles. The van der Waals surface area contributed by atoms with E-state index in [2.05, 4.69) is 5.32 Å². The number of carbonyl (C=O) groups is 3. The van der Waals surface area contributed by atoms with Crippen LogP contribution in [-0.2, 0) is 25.0 Å². The lowest BCUT2D eigenvalue weighted by atomic mass is 9.86. The minimum atomic E-state index is -3.68. The van der Waals surface area contributed by atoms with Crippen molar-refractivity contribution >= 4 is 27.6 Å². The van der Waals surface area contributed by atoms with Gasteiger partial charge in [0, 0.05) is 11.0 Å². The summed E-state index contributed by atoms with van der Waals surface area (Å²) in [5.41, 5.74) is -2.51. The monoisotopic (exact) mass is 382 g/mol. The van der Waals surface area contributed by atoms with Crippen molar-refractivity contribution in [2.24, 2.45) is 5.41 Å². The van der Waals surface area contributed by atoms with Crippen LogP contribution in [0.25, 0.3) is 0 Å². The SMILES string of the molecule is CC(C)(C)C(=O)CN1C(=O)NC2(CCS(=O)(=O)c3ccc(F)cc32)C1=O. The molecule has 140 valence electrons. The first-order chi connectivity index (χ1) is 11.9. The van der Waals surface area contributed by atoms with Gasteiger partial charge in [0.1, 0.15) is 11.4 Å². The number of rotatable bonds is 2. The molecule has 0 bridgehead atoms. The van der Waals surface area contributed by atoms with Gasteiger partial charge in [0.2, 0.25) is 0 Å². The van der Waals surface area contributed by atoms with Crippen LogP contribution in [-0.4, -0.2) is 43.3 Å². The average molecular weight is 382 g/mol. The molecule has 0 radical (unpaired) electrons. The second-order valence-corrected chi connectivity index (χ2v) is 9.69. The zero-order valence-electron chi connectivity index (χ0n) is 14.6. The number of benzene rings is 1. The summed E-state index contributed by atoms with van der Waals surface area (Å²) in [5.74, 6) is -2.13. The minimum absolute atomic E-state index is 0.0900. The molecule has 1 fully saturated rings. The van der Waals surface area contributed by atoms with E-state index in [0.717, 1.165) is 23.1 Å². The number of urea groups is 1. The van der Waals surface area contributed by atoms with Gasteiger partial charge < -0.3 is 5.32 Å². The molecule has 0 aromatic heterocycles. The highest BCUT2D eigenvalue weighted by atomic mass is 32.2. The lowest BCUT2D eigenvalue weighted by Crippen LogP contribution is -2.49. The molecule has 26 heavy (non-hydrogen) atoms. The molecule has 1 saturated heterocycles. The predicted octanol–water partition coefficient (Wildman–Crippen LogP) is 1.37. The van der Waals surface area contributed by atoms with Crippen LogP contribution in [0, 0.1) is 11.2 Å². The third-order valence-corrected chi connectivity index (χ3v) is 6.56. The summed E-state index contributed by atoms with van der Waals surface area (Å²) in [6.45, 7) is 4.58. The molecule has 1 unspecified atom stereocenters. The first-order valence-corrected chi connectivity index (χ1v) is 9.74. The summed E-state index contributed by atoms with van der Waals surface area (Å²) in [6, 6.07) is 2.27. The average Bonchev–Trinajstić information content (AvgIpc) is 2.76. The normalized spacial score (nSPS) is 24.5. The Morgan fingerprint density at radius 1 is 1.31 bits per heavy atom. The van der Waals surface area contributed by atoms with Gasteiger partial charge in [-0.1, -0.05) is 20.8 Å². The van der Waals surface area contributed by atoms with E-state index in [-0.39, 0.29) is 28.4 Å². The molecule has 2 heterocycles. The molecular formula is C17H19FN2O5S. The Morgan fingerprint density at radius 3 is 2.58 bits per heavy atom. The number of halogens is 1. The number of hydrogen-bond donors (Lipinski definition) is 1. The first kappa shape index (κ1) is 18.5. The van der Waals surface area contributed by atoms with Gasteiger partial charge in [-0.3, -0.25) is 14.5 Å². The summed E-state index contributed by atoms with van der Waals surface area (Å²) >= 11 is 0. The largest absolute Gasteiger partial charge is 0.325 e. The van der Waals surface area contributed by atoms with Crippen molar-refractivity contribution in [3.63, 3.8) is 0 Å². The number of carbonyl (C=O) groups excluding carboxylic acids is 3. The molecule has 1 atom stereocenters. The summed E-state index contributed by atoms with van der Waals surface area (Å²) in [5, 5.41) is 2.50. The standard InChI is InChI=1S/C17H19FN2O5S/c1-16(2,3)13(21)9-20-14(22)17(19-15(20)23)6-7-26(24,25)12-5-4-10(18)8-11(12)17/h4-5,8H,6-7,9H2,1-3H3,(H,19,23). The lowest BCUT2D eigenvalue weighted by molar-refractivity contribution is -0.137. The van der Waals surface area contributed by atoms with E-state index in [0.29, 0.717) is 0 Å². The zero-order chi connectivity index (χ0) is 19.5. The molecular weight excluding hydrogens is 363 g/mol. The van der Waals surface area contributed by atoms with E-state index in [1.165, 1.54) is 0 Å². The first-order valence-electron chi connectivity index (χ1n) is 8.09. The van der Waals surface area contributed by atoms with Crippen molar-refractivity contribution in [3.8, 4) is 0 Å². The van der Waals surface area contributed by atoms with Gasteiger partial charge in [-0.25, -0.2) is 17.6 Å². The second kappa shape index (κ2) is 5.60. The highest BCUT2D eigenvalue weighted by molar-refractivity contribution is 7.91. The van der Waals surface area contributed by atoms with Gasteiger partial charge >= 0.3 is 6.03 Å². The van der Waals surface area contributed by atoms with Crippen LogP contribution in [0.1, 0.15) is 32.8 Å². The number of hydrogen-bond acceptors (Lipinski definition) is 5. The summed E-state index contributed by atoms with van der Waals surface area (Å²) in [6.07, 6.45) is -0.212. The van der Waals surface area contributed by atoms with E-state index < -0.39 is 45.1 Å². The molecule has 2 aliphatic heterocycles. The Bertz CT molecular complexity index is 935. The number of sulfone groups is 1. The van der Waals surface area contributed by atoms with Crippen LogP contribution >= 0.6 is 0 Å². The van der Waals surface area contributed by atoms with Crippen molar-refractivity contribution in [1.29, 1.82) is 0 Å². The highest BCUT2D eigenvalue weighted by Crippen LogP contribution is 2.41. The Labute approximate surface area is 150 Å². The molecule has 3 amide bonds. The molecule has 2 aliphatic rings. The van der Waals surface area contributed by atoms with Crippen LogP contribution in [0.5, 0.6) is 0 Å². The highest BCUT2D eigenvalue weighted by Gasteiger charge is 2.57. The van der Waals surface area contributed by atoms with Gasteiger partial charge in [-0.2, -0.15) is 0 Å². The maximum absolute atomic E-state index is 13.8. The van der Waals surface area contributed by atoms with Gasteiger partial charge in [-0.05, 0) is 24.6 Å². The van der Waals surface area contributed by atoms with Crippen LogP contribution in [0.15, 0.2) is 23.1 Å². The molecule has 7 nitrogen and oxygen atoms in total. The maximum atomic E-state index is 13.8. The Kier molecular flexibility index (Phi) is 3.99. The molecule has 3 rings (SSSR count). The maximum Gasteiger partial charge on any atom is 0.325 e. The van der Waals surface area contributed by atoms with Crippen LogP contribution in [0.3, 0.4) is 0 Å². The van der Waals surface area contributed by atoms with E-state index in [1.807, 2.05) is 0 Å². The fourth-order valence-corrected chi connectivity index (χ4v) is 4.78. The fourth-order valence-electron chi connectivity index (χ4n) is 3.14. The molecule has 1 spiro atoms. The van der Waals surface area contributed by atoms with Crippen molar-refractivity contribution in [2.75, 3.05) is 12.3 Å². The van der Waals surface area contributed by atoms with Crippen LogP contribution in [0.2, 0.25) is 0 Å². The Balaban J connectivity index is 2.07. The van der Waals surface area contributed by atoms with Crippen molar-refractivity contribution in [3.05, 3.63) is 29.6 Å². The summed E-state index contributed by atoms with van der Waals surface area (Å²) in [7, 11) is -3.68. The smallest absolute Gasteiger partial charge is 0.319 e. The van der Waals surface area contributed by atoms with Crippen molar-refractivity contribution in [2.45, 2.75) is 37.6 Å². The van der Waals surface area contributed by atoms with E-state index >= 15 is 0 Å². The topological polar surface area (TPSA) is 101 Å². The molecule has 0 aliphatic carbocycles. The quantitative estimate of drug-likeness (QED) is 0.615. The Hall–Kier alpha value is -2.29. The second-order valence-electron chi connectivity index (χ2n) is 7.61. The van der Waals surface area contributed by atoms with Crippen LogP contribution in [0.4, 0.5) is 9.18 Å². The molecule has 1 N–H and O–H groups in total. The molecule has 9 heteroatoms. The van der Waals surface area contributed by atoms with E-state index in [4.69, 9.17) is 0 Å². The number of fused-ring (bicyclic) bond motifs is 2. The molecule has 1 aromatic rings. The van der Waals surface area contributed by atoms with Gasteiger partial charge in [0.25, 0.3) is 5.91 Å². The predicted molar refractivity (Wildman–Crippen MR) is 89.5 cm³/mol. The lowest BCUT2D eigenvalue weighted by Gasteiger charge is -2.33. The van der Waals surface area contributed by atoms with Crippen molar-refractivity contribution < 1.29 is 27.2 Å². The summed E-state index contributed by atoms with van der Waals surface area (Å²) < 4.78 is 38.4. The van der Waals surface area contributed by atoms with Crippen molar-refractivity contribution in [1.82, 2.24) is 10.2 Å². The van der Waals surface area contributed by atoms with E-state index in [1.54, 1.807) is 20.8 Å². The summed E-state index contributed by atoms with van der Waals surface area (Å²) in [4.78, 5) is 38.2. The number of amides is 3. The number of nitrogens with one attached hydrogen (secondary N) is 1. The minimum Gasteiger partial charge on any atom is -0.319 e. The third-order valence-electron chi connectivity index (χ3n) is 4.80. The van der Waals surface area contributed by atoms with Gasteiger partial charge in [-0.15, -0.1) is 0 Å². The number of nitrogens with zero attached hydrogens (tertiary/aromatic N) is 1. The van der Waals surface area contributed by atoms with Gasteiger partial charge in [0.05, 0.1) is 17.2 Å². The fraction of sp³-hybridized carbons (Fsp3) is 0.471. The van der Waals surface area contributed by atoms with E-state index in [9.17, 15) is 27.2 Å². The molecule has 0 saturated carbocycles. The van der Waals surface area contributed by atoms with Crippen LogP contribution < -0.4 is 5.32 Å². The number of ketones is 1. The number of Topliss-reactive ketones (excluding diaryl/α,β-unsaturated/α-hetero) is 1.